The number of hydrogen-bond acceptors (Lipinski definition) is 0. The average molecular weight is 274 g/mol. The van der Waals surface area contributed by atoms with Crippen molar-refractivity contribution in [1.29, 1.82) is 0 Å². The highest BCUT2D eigenvalue weighted by atomic mass is 31.1. The Morgan fingerprint density at radius 2 is 0.944 bits per heavy atom. The van der Waals surface area contributed by atoms with E-state index in [0.29, 0.717) is 0 Å². The van der Waals surface area contributed by atoms with Crippen LogP contribution in [0.5, 0.6) is 0 Å². The second kappa shape index (κ2) is 8.41. The molecule has 0 nitrogen and oxygen atoms in total. The summed E-state index contributed by atoms with van der Waals surface area (Å²) in [4.78, 5) is 0. The first-order chi connectivity index (χ1) is 8.95. The summed E-state index contributed by atoms with van der Waals surface area (Å²) >= 11 is 0. The fourth-order valence-electron chi connectivity index (χ4n) is 1.83. The van der Waals surface area contributed by atoms with E-state index in [1.165, 1.54) is 35.8 Å². The van der Waals surface area contributed by atoms with E-state index in [-0.39, 0.29) is 0 Å². The summed E-state index contributed by atoms with van der Waals surface area (Å²) in [6, 6.07) is 21.7. The molecule has 2 rings (SSSR count). The maximum Gasteiger partial charge on any atom is -0.0271 e. The van der Waals surface area contributed by atoms with Crippen LogP contribution in [0.2, 0.25) is 0 Å². The Bertz CT molecular complexity index is 382. The fraction of sp³-hybridized carbons (Fsp3) is 0.250. The molecule has 0 bridgehead atoms. The van der Waals surface area contributed by atoms with E-state index in [9.17, 15) is 0 Å². The molecule has 0 heterocycles. The molecule has 0 fully saturated rings. The highest BCUT2D eigenvalue weighted by Crippen LogP contribution is 2.16. The zero-order valence-electron chi connectivity index (χ0n) is 10.6. The van der Waals surface area contributed by atoms with E-state index in [1.54, 1.807) is 0 Å². The molecular weight excluding hydrogens is 254 g/mol. The van der Waals surface area contributed by atoms with Gasteiger partial charge in [0.05, 0.1) is 0 Å². The molecule has 18 heavy (non-hydrogen) atoms. The van der Waals surface area contributed by atoms with Crippen LogP contribution in [0.15, 0.2) is 60.7 Å². The van der Waals surface area contributed by atoms with E-state index < -0.39 is 0 Å². The van der Waals surface area contributed by atoms with E-state index >= 15 is 0 Å². The Balaban J connectivity index is 1.54. The molecule has 0 N–H and O–H groups in total. The third-order valence-corrected chi connectivity index (χ3v) is 5.50. The van der Waals surface area contributed by atoms with Gasteiger partial charge in [-0.3, -0.25) is 0 Å². The van der Waals surface area contributed by atoms with Crippen molar-refractivity contribution in [1.82, 2.24) is 0 Å². The van der Waals surface area contributed by atoms with Crippen LogP contribution >= 0.6 is 17.2 Å². The van der Waals surface area contributed by atoms with Crippen LogP contribution in [0.25, 0.3) is 0 Å². The first kappa shape index (κ1) is 13.7. The van der Waals surface area contributed by atoms with Crippen LogP contribution in [0, 0.1) is 0 Å². The Hall–Kier alpha value is -0.700. The van der Waals surface area contributed by atoms with Gasteiger partial charge in [0.15, 0.2) is 0 Å². The van der Waals surface area contributed by atoms with Gasteiger partial charge in [-0.15, -0.1) is 0 Å². The summed E-state index contributed by atoms with van der Waals surface area (Å²) < 4.78 is 0. The van der Waals surface area contributed by atoms with Crippen LogP contribution in [0.4, 0.5) is 0 Å². The summed E-state index contributed by atoms with van der Waals surface area (Å²) in [5.41, 5.74) is 0. The van der Waals surface area contributed by atoms with Gasteiger partial charge in [0.1, 0.15) is 0 Å². The van der Waals surface area contributed by atoms with Crippen molar-refractivity contribution in [3.05, 3.63) is 60.7 Å². The van der Waals surface area contributed by atoms with E-state index in [2.05, 4.69) is 60.7 Å². The number of unbranched alkanes of at least 4 members (excludes halogenated alkanes) is 1. The topological polar surface area (TPSA) is 0 Å². The van der Waals surface area contributed by atoms with E-state index in [1.807, 2.05) is 0 Å². The lowest BCUT2D eigenvalue weighted by molar-refractivity contribution is 0.905. The lowest BCUT2D eigenvalue weighted by atomic mass is 10.4. The summed E-state index contributed by atoms with van der Waals surface area (Å²) in [6.45, 7) is 0. The highest BCUT2D eigenvalue weighted by Gasteiger charge is 1.94. The Morgan fingerprint density at radius 1 is 0.556 bits per heavy atom. The van der Waals surface area contributed by atoms with Gasteiger partial charge in [0, 0.05) is 0 Å². The Kier molecular flexibility index (Phi) is 6.41. The van der Waals surface area contributed by atoms with E-state index in [0.717, 1.165) is 17.2 Å². The van der Waals surface area contributed by atoms with Gasteiger partial charge in [-0.1, -0.05) is 77.8 Å². The lowest BCUT2D eigenvalue weighted by Crippen LogP contribution is -1.96. The third kappa shape index (κ3) is 5.30. The van der Waals surface area contributed by atoms with Gasteiger partial charge < -0.3 is 0 Å². The van der Waals surface area contributed by atoms with E-state index in [4.69, 9.17) is 0 Å². The molecule has 0 amide bonds. The first-order valence-electron chi connectivity index (χ1n) is 6.53. The predicted molar refractivity (Wildman–Crippen MR) is 87.8 cm³/mol. The molecule has 0 saturated heterocycles. The molecule has 2 unspecified atom stereocenters. The molecule has 0 aromatic heterocycles. The SMILES string of the molecule is c1ccc(PCCCCPc2ccccc2)cc1. The molecule has 0 aliphatic heterocycles. The zero-order valence-corrected chi connectivity index (χ0v) is 12.6. The normalized spacial score (nSPS) is 11.8. The highest BCUT2D eigenvalue weighted by molar-refractivity contribution is 7.47. The van der Waals surface area contributed by atoms with Gasteiger partial charge in [-0.2, -0.15) is 0 Å². The molecule has 0 spiro atoms. The van der Waals surface area contributed by atoms with Crippen molar-refractivity contribution in [2.45, 2.75) is 12.8 Å². The summed E-state index contributed by atoms with van der Waals surface area (Å²) in [5.74, 6) is 0. The molecular formula is C16H20P2. The average Bonchev–Trinajstić information content (AvgIpc) is 2.45. The van der Waals surface area contributed by atoms with Crippen molar-refractivity contribution in [3.8, 4) is 0 Å². The molecule has 2 atom stereocenters. The number of rotatable bonds is 7. The van der Waals surface area contributed by atoms with Crippen molar-refractivity contribution in [2.24, 2.45) is 0 Å². The fourth-order valence-corrected chi connectivity index (χ4v) is 4.11. The molecule has 2 heteroatoms. The Morgan fingerprint density at radius 3 is 1.33 bits per heavy atom. The minimum Gasteiger partial charge on any atom is -0.0904 e. The largest absolute Gasteiger partial charge is 0.0904 e. The third-order valence-electron chi connectivity index (χ3n) is 2.81. The first-order valence-corrected chi connectivity index (χ1v) is 8.94. The minimum atomic E-state index is 0.985. The molecule has 0 saturated carbocycles. The minimum absolute atomic E-state index is 0.985. The van der Waals surface area contributed by atoms with Crippen molar-refractivity contribution < 1.29 is 0 Å². The summed E-state index contributed by atoms with van der Waals surface area (Å²) in [6.07, 6.45) is 5.44. The maximum atomic E-state index is 2.24. The van der Waals surface area contributed by atoms with Gasteiger partial charge in [-0.05, 0) is 35.8 Å². The van der Waals surface area contributed by atoms with Crippen molar-refractivity contribution >= 4 is 27.8 Å². The Labute approximate surface area is 114 Å². The van der Waals surface area contributed by atoms with Crippen LogP contribution in [0.1, 0.15) is 12.8 Å². The van der Waals surface area contributed by atoms with Crippen molar-refractivity contribution in [3.63, 3.8) is 0 Å². The lowest BCUT2D eigenvalue weighted by Gasteiger charge is -2.03. The zero-order chi connectivity index (χ0) is 12.5. The number of hydrogen-bond donors (Lipinski definition) is 0. The van der Waals surface area contributed by atoms with Gasteiger partial charge in [-0.25, -0.2) is 0 Å². The standard InChI is InChI=1S/C16H20P2/c1-3-9-15(10-4-1)17-13-7-8-14-18-16-11-5-2-6-12-16/h1-6,9-12,17-18H,7-8,13-14H2. The quantitative estimate of drug-likeness (QED) is 0.532. The summed E-state index contributed by atoms with van der Waals surface area (Å²) in [7, 11) is 1.97. The van der Waals surface area contributed by atoms with Crippen LogP contribution < -0.4 is 10.6 Å². The van der Waals surface area contributed by atoms with Gasteiger partial charge in [0.2, 0.25) is 0 Å². The van der Waals surface area contributed by atoms with Crippen LogP contribution in [-0.4, -0.2) is 12.3 Å². The monoisotopic (exact) mass is 274 g/mol. The van der Waals surface area contributed by atoms with Gasteiger partial charge >= 0.3 is 0 Å². The second-order valence-electron chi connectivity index (χ2n) is 4.29. The molecule has 0 radical (unpaired) electrons. The molecule has 0 aliphatic carbocycles. The second-order valence-corrected chi connectivity index (χ2v) is 7.15. The van der Waals surface area contributed by atoms with Crippen LogP contribution in [0.3, 0.4) is 0 Å². The molecule has 2 aromatic rings. The predicted octanol–water partition coefficient (Wildman–Crippen LogP) is 3.77. The summed E-state index contributed by atoms with van der Waals surface area (Å²) in [5, 5.41) is 3.01. The van der Waals surface area contributed by atoms with Gasteiger partial charge in [0.25, 0.3) is 0 Å². The van der Waals surface area contributed by atoms with Crippen molar-refractivity contribution in [2.75, 3.05) is 12.3 Å². The molecule has 94 valence electrons. The number of benzene rings is 2. The van der Waals surface area contributed by atoms with Crippen LogP contribution in [-0.2, 0) is 0 Å². The molecule has 0 aliphatic rings. The molecule has 2 aromatic carbocycles. The smallest absolute Gasteiger partial charge is 0.0271 e. The maximum absolute atomic E-state index is 2.24.